The number of likely N-dealkylation sites (N-methyl/N-ethyl adjacent to an activating group) is 2. The number of hydrogen-bond acceptors (Lipinski definition) is 6. The van der Waals surface area contributed by atoms with Gasteiger partial charge in [-0.15, -0.1) is 0 Å². The summed E-state index contributed by atoms with van der Waals surface area (Å²) in [5, 5.41) is 0. The Kier molecular flexibility index (Phi) is 5.20. The van der Waals surface area contributed by atoms with Gasteiger partial charge in [-0.25, -0.2) is 9.79 Å². The quantitative estimate of drug-likeness (QED) is 0.457. The molecule has 2 aliphatic heterocycles. The van der Waals surface area contributed by atoms with Crippen LogP contribution in [0.25, 0.3) is 6.08 Å². The van der Waals surface area contributed by atoms with E-state index in [0.29, 0.717) is 9.33 Å². The number of nitrogens with zero attached hydrogens (tertiary/aromatic N) is 4. The Balaban J connectivity index is 1.67. The molecule has 4 aromatic rings. The van der Waals surface area contributed by atoms with Gasteiger partial charge in [0.1, 0.15) is 5.75 Å². The average Bonchev–Trinajstić information content (AvgIpc) is 3.33. The Hall–Kier alpha value is -4.37. The fraction of sp³-hybridized carbons (Fsp3) is 0.179. The van der Waals surface area contributed by atoms with E-state index in [9.17, 15) is 9.59 Å². The summed E-state index contributed by atoms with van der Waals surface area (Å²) in [6, 6.07) is 26.7. The van der Waals surface area contributed by atoms with Crippen LogP contribution in [0.15, 0.2) is 94.7 Å². The van der Waals surface area contributed by atoms with Crippen molar-refractivity contribution in [3.05, 3.63) is 121 Å². The third-order valence-electron chi connectivity index (χ3n) is 7.19. The lowest BCUT2D eigenvalue weighted by Gasteiger charge is -2.49. The zero-order valence-electron chi connectivity index (χ0n) is 20.6. The normalized spacial score (nSPS) is 22.8. The summed E-state index contributed by atoms with van der Waals surface area (Å²) in [6.07, 6.45) is 1.84. The third kappa shape index (κ3) is 3.10. The number of aromatic nitrogens is 1. The van der Waals surface area contributed by atoms with Gasteiger partial charge in [-0.05, 0) is 23.8 Å². The number of hydrogen-bond donors (Lipinski definition) is 1. The highest BCUT2D eigenvalue weighted by Crippen LogP contribution is 2.53. The number of amides is 2. The monoisotopic (exact) mass is 511 g/mol. The van der Waals surface area contributed by atoms with E-state index in [-0.39, 0.29) is 11.6 Å². The molecule has 0 radical (unpaired) electrons. The van der Waals surface area contributed by atoms with Gasteiger partial charge in [-0.3, -0.25) is 20.0 Å². The standard InChI is InChI=1S/C28H25N5O3S/c1-31-26(35)32(2)28(21-12-8-5-9-13-21)27(31,20-10-6-4-7-11-20)29-25-33(30-28)24(34)23(37-25)18-19-14-16-22(36-3)17-15-19/h4-18,30H,1-3H3/b23-18-. The molecule has 8 nitrogen and oxygen atoms in total. The molecule has 186 valence electrons. The van der Waals surface area contributed by atoms with Crippen molar-refractivity contribution in [2.24, 2.45) is 4.99 Å². The molecule has 0 saturated carbocycles. The maximum atomic E-state index is 13.7. The molecule has 37 heavy (non-hydrogen) atoms. The second-order valence-electron chi connectivity index (χ2n) is 9.05. The molecule has 9 heteroatoms. The van der Waals surface area contributed by atoms with Crippen molar-refractivity contribution in [2.75, 3.05) is 26.6 Å². The molecule has 2 atom stereocenters. The second kappa shape index (κ2) is 8.35. The summed E-state index contributed by atoms with van der Waals surface area (Å²) in [6.45, 7) is 0. The molecule has 0 spiro atoms. The highest BCUT2D eigenvalue weighted by molar-refractivity contribution is 7.07. The largest absolute Gasteiger partial charge is 0.497 e. The van der Waals surface area contributed by atoms with E-state index in [1.54, 1.807) is 31.0 Å². The summed E-state index contributed by atoms with van der Waals surface area (Å²) >= 11 is 1.29. The number of nitrogens with one attached hydrogen (secondary N) is 1. The van der Waals surface area contributed by atoms with Gasteiger partial charge < -0.3 is 4.74 Å². The van der Waals surface area contributed by atoms with Gasteiger partial charge in [0.25, 0.3) is 5.56 Å². The summed E-state index contributed by atoms with van der Waals surface area (Å²) in [7, 11) is 5.12. The van der Waals surface area contributed by atoms with Crippen LogP contribution in [0.3, 0.4) is 0 Å². The van der Waals surface area contributed by atoms with Crippen molar-refractivity contribution in [3.8, 4) is 5.75 Å². The van der Waals surface area contributed by atoms with Gasteiger partial charge in [0, 0.05) is 25.2 Å². The van der Waals surface area contributed by atoms with Gasteiger partial charge in [-0.2, -0.15) is 4.68 Å². The molecular weight excluding hydrogens is 486 g/mol. The lowest BCUT2D eigenvalue weighted by molar-refractivity contribution is 0.0648. The average molecular weight is 512 g/mol. The number of carbonyl (C=O) groups excluding carboxylic acids is 1. The van der Waals surface area contributed by atoms with Crippen LogP contribution in [0.5, 0.6) is 5.75 Å². The molecule has 1 fully saturated rings. The van der Waals surface area contributed by atoms with Crippen LogP contribution >= 0.6 is 11.3 Å². The highest BCUT2D eigenvalue weighted by Gasteiger charge is 2.69. The molecule has 6 rings (SSSR count). The summed E-state index contributed by atoms with van der Waals surface area (Å²) < 4.78 is 7.24. The Labute approximate surface area is 217 Å². The van der Waals surface area contributed by atoms with Gasteiger partial charge in [-0.1, -0.05) is 84.1 Å². The predicted octanol–water partition coefficient (Wildman–Crippen LogP) is 2.63. The third-order valence-corrected chi connectivity index (χ3v) is 8.15. The number of carbonyl (C=O) groups is 1. The molecule has 0 bridgehead atoms. The fourth-order valence-electron chi connectivity index (χ4n) is 5.37. The fourth-order valence-corrected chi connectivity index (χ4v) is 6.34. The summed E-state index contributed by atoms with van der Waals surface area (Å²) in [4.78, 5) is 36.3. The van der Waals surface area contributed by atoms with Crippen molar-refractivity contribution in [1.82, 2.24) is 14.5 Å². The smallest absolute Gasteiger partial charge is 0.324 e. The minimum Gasteiger partial charge on any atom is -0.497 e. The Morgan fingerprint density at radius 2 is 1.49 bits per heavy atom. The summed E-state index contributed by atoms with van der Waals surface area (Å²) in [5.74, 6) is 0.745. The minimum absolute atomic E-state index is 0.211. The molecule has 2 unspecified atom stereocenters. The van der Waals surface area contributed by atoms with Gasteiger partial charge in [0.15, 0.2) is 0 Å². The number of thiazole rings is 1. The van der Waals surface area contributed by atoms with E-state index in [2.05, 4.69) is 5.43 Å². The second-order valence-corrected chi connectivity index (χ2v) is 10.1. The first kappa shape index (κ1) is 23.1. The van der Waals surface area contributed by atoms with Crippen molar-refractivity contribution >= 4 is 23.4 Å². The van der Waals surface area contributed by atoms with E-state index in [0.717, 1.165) is 22.4 Å². The van der Waals surface area contributed by atoms with Crippen LogP contribution in [0.1, 0.15) is 16.7 Å². The number of ether oxygens (including phenoxy) is 1. The van der Waals surface area contributed by atoms with Crippen LogP contribution in [0.2, 0.25) is 0 Å². The van der Waals surface area contributed by atoms with Crippen molar-refractivity contribution in [2.45, 2.75) is 11.3 Å². The van der Waals surface area contributed by atoms with E-state index in [1.807, 2.05) is 91.0 Å². The Morgan fingerprint density at radius 1 is 0.865 bits per heavy atom. The zero-order chi connectivity index (χ0) is 25.8. The molecular formula is C28H25N5O3S. The molecule has 1 aromatic heterocycles. The Morgan fingerprint density at radius 3 is 2.11 bits per heavy atom. The molecule has 0 aliphatic carbocycles. The number of urea groups is 1. The van der Waals surface area contributed by atoms with Crippen LogP contribution in [-0.4, -0.2) is 41.7 Å². The molecule has 3 heterocycles. The van der Waals surface area contributed by atoms with Crippen LogP contribution < -0.4 is 25.1 Å². The first-order chi connectivity index (χ1) is 17.9. The Bertz CT molecular complexity index is 1670. The number of methoxy groups -OCH3 is 1. The lowest BCUT2D eigenvalue weighted by atomic mass is 9.80. The predicted molar refractivity (Wildman–Crippen MR) is 142 cm³/mol. The minimum atomic E-state index is -1.18. The first-order valence-corrected chi connectivity index (χ1v) is 12.6. The maximum absolute atomic E-state index is 13.7. The number of fused-ring (bicyclic) bond motifs is 2. The number of rotatable bonds is 4. The van der Waals surface area contributed by atoms with Gasteiger partial charge in [0.2, 0.25) is 16.1 Å². The van der Waals surface area contributed by atoms with Crippen molar-refractivity contribution in [3.63, 3.8) is 0 Å². The molecule has 3 aromatic carbocycles. The molecule has 1 N–H and O–H groups in total. The van der Waals surface area contributed by atoms with Gasteiger partial charge in [0.05, 0.1) is 11.6 Å². The van der Waals surface area contributed by atoms with Crippen molar-refractivity contribution < 1.29 is 9.53 Å². The van der Waals surface area contributed by atoms with Gasteiger partial charge >= 0.3 is 6.03 Å². The van der Waals surface area contributed by atoms with Crippen molar-refractivity contribution in [1.29, 1.82) is 0 Å². The number of benzene rings is 3. The summed E-state index contributed by atoms with van der Waals surface area (Å²) in [5.41, 5.74) is 3.41. The first-order valence-electron chi connectivity index (χ1n) is 11.8. The highest BCUT2D eigenvalue weighted by atomic mass is 32.1. The van der Waals surface area contributed by atoms with Crippen LogP contribution in [0, 0.1) is 0 Å². The zero-order valence-corrected chi connectivity index (χ0v) is 21.4. The van der Waals surface area contributed by atoms with Crippen LogP contribution in [0.4, 0.5) is 4.79 Å². The lowest BCUT2D eigenvalue weighted by Crippen LogP contribution is -2.67. The maximum Gasteiger partial charge on any atom is 0.324 e. The molecule has 1 saturated heterocycles. The molecule has 2 aliphatic rings. The van der Waals surface area contributed by atoms with E-state index in [4.69, 9.17) is 9.73 Å². The van der Waals surface area contributed by atoms with E-state index < -0.39 is 11.3 Å². The van der Waals surface area contributed by atoms with E-state index in [1.165, 1.54) is 16.0 Å². The van der Waals surface area contributed by atoms with E-state index >= 15 is 0 Å². The van der Waals surface area contributed by atoms with Crippen LogP contribution in [-0.2, 0) is 11.3 Å². The molecule has 2 amide bonds. The topological polar surface area (TPSA) is 79.2 Å². The SMILES string of the molecule is COc1ccc(/C=c2\sc3n(c2=O)NC2(c4ccccc4)N(C)C(=O)N(C)C2(c2ccccc2)N=3)cc1.